The van der Waals surface area contributed by atoms with E-state index in [4.69, 9.17) is 9.15 Å². The van der Waals surface area contributed by atoms with Crippen LogP contribution >= 0.6 is 11.8 Å². The molecule has 0 amide bonds. The first-order valence-electron chi connectivity index (χ1n) is 12.3. The molecular weight excluding hydrogens is 509 g/mol. The van der Waals surface area contributed by atoms with Crippen molar-refractivity contribution in [3.8, 4) is 0 Å². The van der Waals surface area contributed by atoms with Gasteiger partial charge in [0.25, 0.3) is 0 Å². The van der Waals surface area contributed by atoms with Crippen LogP contribution in [0.5, 0.6) is 0 Å². The molecule has 1 N–H and O–H groups in total. The van der Waals surface area contributed by atoms with Crippen LogP contribution in [0.15, 0.2) is 46.6 Å². The quantitative estimate of drug-likeness (QED) is 0.544. The molecule has 6 nitrogen and oxygen atoms in total. The number of aliphatic hydroxyl groups is 1. The number of carbonyl (C=O) groups is 3. The van der Waals surface area contributed by atoms with Crippen LogP contribution in [0.1, 0.15) is 50.6 Å². The zero-order valence-corrected chi connectivity index (χ0v) is 21.5. The Kier molecular flexibility index (Phi) is 6.10. The third-order valence-corrected chi connectivity index (χ3v) is 10.3. The van der Waals surface area contributed by atoms with Gasteiger partial charge in [0.05, 0.1) is 12.4 Å². The van der Waals surface area contributed by atoms with Crippen LogP contribution in [0, 0.1) is 28.6 Å². The van der Waals surface area contributed by atoms with Crippen LogP contribution in [0.25, 0.3) is 0 Å². The number of allylic oxidation sites excluding steroid dienone is 4. The van der Waals surface area contributed by atoms with Gasteiger partial charge >= 0.3 is 5.97 Å². The number of alkyl halides is 3. The summed E-state index contributed by atoms with van der Waals surface area (Å²) < 4.78 is 57.5. The van der Waals surface area contributed by atoms with E-state index in [1.807, 2.05) is 0 Å². The highest BCUT2D eigenvalue weighted by Crippen LogP contribution is 2.72. The summed E-state index contributed by atoms with van der Waals surface area (Å²) in [6, 6.07) is 1.78. The smallest absolute Gasteiger partial charge is 0.375 e. The van der Waals surface area contributed by atoms with Crippen molar-refractivity contribution >= 4 is 28.6 Å². The summed E-state index contributed by atoms with van der Waals surface area (Å²) in [7, 11) is 0. The molecule has 1 aromatic heterocycles. The fourth-order valence-electron chi connectivity index (χ4n) is 7.97. The van der Waals surface area contributed by atoms with Gasteiger partial charge in [0.15, 0.2) is 17.1 Å². The molecule has 4 aliphatic carbocycles. The number of esters is 1. The van der Waals surface area contributed by atoms with Crippen molar-refractivity contribution in [3.05, 3.63) is 48.0 Å². The molecule has 3 fully saturated rings. The van der Waals surface area contributed by atoms with Crippen molar-refractivity contribution in [1.29, 1.82) is 0 Å². The number of fused-ring (bicyclic) bond motifs is 5. The third-order valence-electron chi connectivity index (χ3n) is 9.63. The molecular formula is C27H29F3O6S. The van der Waals surface area contributed by atoms with Crippen molar-refractivity contribution in [3.63, 3.8) is 0 Å². The van der Waals surface area contributed by atoms with E-state index in [9.17, 15) is 23.9 Å². The average molecular weight is 539 g/mol. The first-order valence-corrected chi connectivity index (χ1v) is 13.3. The van der Waals surface area contributed by atoms with Gasteiger partial charge in [-0.15, -0.1) is 0 Å². The number of halogens is 3. The molecule has 200 valence electrons. The summed E-state index contributed by atoms with van der Waals surface area (Å²) in [6.07, 6.45) is 1.16. The van der Waals surface area contributed by atoms with Crippen LogP contribution in [0.2, 0.25) is 0 Å². The minimum absolute atomic E-state index is 0.00739. The summed E-state index contributed by atoms with van der Waals surface area (Å²) in [6.45, 7) is 4.79. The van der Waals surface area contributed by atoms with E-state index in [2.05, 4.69) is 0 Å². The van der Waals surface area contributed by atoms with Crippen molar-refractivity contribution < 1.29 is 41.8 Å². The highest BCUT2D eigenvalue weighted by Gasteiger charge is 2.78. The maximum absolute atomic E-state index is 17.4. The summed E-state index contributed by atoms with van der Waals surface area (Å²) in [5.41, 5.74) is -7.19. The Hall–Kier alpha value is -2.33. The van der Waals surface area contributed by atoms with Crippen LogP contribution < -0.4 is 0 Å². The van der Waals surface area contributed by atoms with Crippen molar-refractivity contribution in [2.45, 2.75) is 63.6 Å². The molecule has 10 heteroatoms. The number of carbonyl (C=O) groups excluding carboxylic acids is 3. The molecule has 0 aliphatic heterocycles. The number of furan rings is 1. The van der Waals surface area contributed by atoms with E-state index in [1.54, 1.807) is 13.8 Å². The average Bonchev–Trinajstić information content (AvgIpc) is 3.45. The van der Waals surface area contributed by atoms with E-state index < -0.39 is 75.0 Å². The van der Waals surface area contributed by atoms with Gasteiger partial charge in [-0.1, -0.05) is 19.9 Å². The number of rotatable bonds is 4. The van der Waals surface area contributed by atoms with E-state index in [1.165, 1.54) is 37.5 Å². The molecule has 1 aromatic rings. The van der Waals surface area contributed by atoms with Gasteiger partial charge in [-0.3, -0.25) is 9.59 Å². The van der Waals surface area contributed by atoms with Crippen LogP contribution in [0.4, 0.5) is 13.2 Å². The van der Waals surface area contributed by atoms with Crippen LogP contribution in [-0.2, 0) is 14.3 Å². The van der Waals surface area contributed by atoms with Gasteiger partial charge in [0.2, 0.25) is 10.9 Å². The lowest BCUT2D eigenvalue weighted by atomic mass is 9.44. The fourth-order valence-corrected chi connectivity index (χ4v) is 8.76. The lowest BCUT2D eigenvalue weighted by Crippen LogP contribution is -2.70. The molecule has 1 unspecified atom stereocenters. The van der Waals surface area contributed by atoms with Crippen molar-refractivity contribution in [1.82, 2.24) is 0 Å². The lowest BCUT2D eigenvalue weighted by molar-refractivity contribution is -0.221. The number of ether oxygens (including phenoxy) is 1. The van der Waals surface area contributed by atoms with Crippen LogP contribution in [0.3, 0.4) is 0 Å². The zero-order valence-electron chi connectivity index (χ0n) is 20.7. The molecule has 37 heavy (non-hydrogen) atoms. The molecule has 0 bridgehead atoms. The van der Waals surface area contributed by atoms with Gasteiger partial charge in [-0.2, -0.15) is 0 Å². The molecule has 9 atom stereocenters. The number of ketones is 1. The maximum atomic E-state index is 17.4. The molecule has 0 spiro atoms. The second-order valence-corrected chi connectivity index (χ2v) is 12.0. The Morgan fingerprint density at radius 1 is 1.27 bits per heavy atom. The Labute approximate surface area is 216 Å². The normalized spacial score (nSPS) is 44.5. The molecule has 1 heterocycles. The van der Waals surface area contributed by atoms with Gasteiger partial charge in [-0.05, 0) is 73.7 Å². The maximum Gasteiger partial charge on any atom is 0.375 e. The Morgan fingerprint density at radius 2 is 2.00 bits per heavy atom. The zero-order chi connectivity index (χ0) is 27.0. The molecule has 3 saturated carbocycles. The number of hydrogen-bond donors (Lipinski definition) is 1. The van der Waals surface area contributed by atoms with E-state index in [-0.39, 0.29) is 30.6 Å². The third kappa shape index (κ3) is 3.27. The van der Waals surface area contributed by atoms with Gasteiger partial charge in [0, 0.05) is 22.7 Å². The van der Waals surface area contributed by atoms with Crippen molar-refractivity contribution in [2.75, 3.05) is 6.01 Å². The predicted octanol–water partition coefficient (Wildman–Crippen LogP) is 4.93. The second-order valence-electron chi connectivity index (χ2n) is 11.1. The fraction of sp³-hybridized carbons (Fsp3) is 0.593. The minimum Gasteiger partial charge on any atom is -0.457 e. The van der Waals surface area contributed by atoms with Gasteiger partial charge < -0.3 is 14.3 Å². The topological polar surface area (TPSA) is 93.8 Å². The SMILES string of the molecule is C[C@@H]1C[C@H]2[C@@H]3C[C@H](F)C4=CC(=O)C=CC4(C)[C@@]3(F)[C@@H](O)C[C@]2(C)[C@@]1(OC(=O)c1ccco1)C(=O)SCF. The minimum atomic E-state index is -2.35. The Bertz CT molecular complexity index is 1200. The van der Waals surface area contributed by atoms with E-state index in [0.29, 0.717) is 11.8 Å². The summed E-state index contributed by atoms with van der Waals surface area (Å²) in [5.74, 6) is -3.98. The van der Waals surface area contributed by atoms with E-state index >= 15 is 8.78 Å². The highest BCUT2D eigenvalue weighted by atomic mass is 32.2. The number of aliphatic hydroxyl groups excluding tert-OH is 1. The van der Waals surface area contributed by atoms with Crippen molar-refractivity contribution in [2.24, 2.45) is 28.6 Å². The predicted molar refractivity (Wildman–Crippen MR) is 129 cm³/mol. The highest BCUT2D eigenvalue weighted by molar-refractivity contribution is 8.13. The first-order chi connectivity index (χ1) is 17.4. The molecule has 5 rings (SSSR count). The number of thioether (sulfide) groups is 1. The summed E-state index contributed by atoms with van der Waals surface area (Å²) in [5, 5.41) is 10.7. The van der Waals surface area contributed by atoms with Gasteiger partial charge in [-0.25, -0.2) is 18.0 Å². The Balaban J connectivity index is 1.64. The molecule has 4 aliphatic rings. The standard InChI is InChI=1S/C27H29F3O6S/c1-14-9-16-17-11-19(29)18-10-15(31)6-7-24(18,2)26(17,30)21(32)12-25(16,3)27(14,23(34)37-13-28)36-22(33)20-5-4-8-35-20/h4-8,10,14,16-17,19,21,32H,9,11-13H2,1-3H3/t14-,16+,17+,19+,21+,24?,25+,26+,27+/m1/s1. The molecule has 0 saturated heterocycles. The Morgan fingerprint density at radius 3 is 2.65 bits per heavy atom. The molecule has 0 radical (unpaired) electrons. The van der Waals surface area contributed by atoms with Crippen LogP contribution in [-0.4, -0.2) is 51.5 Å². The van der Waals surface area contributed by atoms with Gasteiger partial charge in [0.1, 0.15) is 12.2 Å². The number of hydrogen-bond acceptors (Lipinski definition) is 7. The first kappa shape index (κ1) is 26.3. The summed E-state index contributed by atoms with van der Waals surface area (Å²) in [4.78, 5) is 38.7. The van der Waals surface area contributed by atoms with E-state index in [0.717, 1.165) is 6.08 Å². The lowest BCUT2D eigenvalue weighted by Gasteiger charge is -2.63. The summed E-state index contributed by atoms with van der Waals surface area (Å²) >= 11 is 0.352. The largest absolute Gasteiger partial charge is 0.457 e. The molecule has 0 aromatic carbocycles. The second kappa shape index (κ2) is 8.59. The monoisotopic (exact) mass is 538 g/mol.